The normalized spacial score (nSPS) is 22.0. The maximum atomic E-state index is 11.4. The molecule has 4 nitrogen and oxygen atoms in total. The molecule has 0 spiro atoms. The van der Waals surface area contributed by atoms with Crippen molar-refractivity contribution in [2.75, 3.05) is 6.54 Å². The zero-order chi connectivity index (χ0) is 10.8. The first-order valence-corrected chi connectivity index (χ1v) is 5.11. The van der Waals surface area contributed by atoms with E-state index in [9.17, 15) is 4.79 Å². The smallest absolute Gasteiger partial charge is 0.407 e. The second-order valence-corrected chi connectivity index (χ2v) is 4.78. The molecule has 0 bridgehead atoms. The highest BCUT2D eigenvalue weighted by Gasteiger charge is 2.26. The summed E-state index contributed by atoms with van der Waals surface area (Å²) in [5, 5.41) is 6.06. The van der Waals surface area contributed by atoms with Crippen LogP contribution in [0.1, 0.15) is 34.1 Å². The Morgan fingerprint density at radius 1 is 1.53 bits per heavy atom. The minimum absolute atomic E-state index is 0. The lowest BCUT2D eigenvalue weighted by atomic mass is 10.0. The van der Waals surface area contributed by atoms with Crippen molar-refractivity contribution in [2.45, 2.75) is 51.8 Å². The Morgan fingerprint density at radius 2 is 2.07 bits per heavy atom. The second-order valence-electron chi connectivity index (χ2n) is 4.78. The maximum absolute atomic E-state index is 11.4. The largest absolute Gasteiger partial charge is 0.444 e. The SMILES string of the molecule is CC(NC(=O)OC(C)(C)C)C1CCN1.Cl. The van der Waals surface area contributed by atoms with Gasteiger partial charge in [0.05, 0.1) is 0 Å². The molecule has 1 rings (SSSR count). The number of ether oxygens (including phenoxy) is 1. The van der Waals surface area contributed by atoms with Crippen LogP contribution in [0.15, 0.2) is 0 Å². The fraction of sp³-hybridized carbons (Fsp3) is 0.900. The Hall–Kier alpha value is -0.480. The zero-order valence-corrected chi connectivity index (χ0v) is 10.6. The first-order chi connectivity index (χ1) is 6.38. The van der Waals surface area contributed by atoms with E-state index in [2.05, 4.69) is 10.6 Å². The van der Waals surface area contributed by atoms with Crippen LogP contribution in [0.4, 0.5) is 4.79 Å². The number of hydrogen-bond donors (Lipinski definition) is 2. The first kappa shape index (κ1) is 14.5. The number of hydrogen-bond acceptors (Lipinski definition) is 3. The van der Waals surface area contributed by atoms with Gasteiger partial charge in [0, 0.05) is 12.1 Å². The molecule has 0 radical (unpaired) electrons. The average Bonchev–Trinajstić information content (AvgIpc) is 1.75. The molecular weight excluding hydrogens is 216 g/mol. The molecule has 90 valence electrons. The topological polar surface area (TPSA) is 50.4 Å². The number of amides is 1. The van der Waals surface area contributed by atoms with Gasteiger partial charge in [-0.15, -0.1) is 12.4 Å². The van der Waals surface area contributed by atoms with Crippen LogP contribution in [0.5, 0.6) is 0 Å². The Kier molecular flexibility index (Phi) is 5.38. The van der Waals surface area contributed by atoms with Gasteiger partial charge in [0.25, 0.3) is 0 Å². The molecule has 1 fully saturated rings. The van der Waals surface area contributed by atoms with Gasteiger partial charge in [0.1, 0.15) is 5.60 Å². The molecule has 0 aliphatic carbocycles. The number of alkyl carbamates (subject to hydrolysis) is 1. The molecule has 1 amide bonds. The molecule has 0 aromatic heterocycles. The summed E-state index contributed by atoms with van der Waals surface area (Å²) in [5.74, 6) is 0. The average molecular weight is 237 g/mol. The van der Waals surface area contributed by atoms with E-state index < -0.39 is 5.60 Å². The lowest BCUT2D eigenvalue weighted by Crippen LogP contribution is -2.56. The number of carbonyl (C=O) groups is 1. The van der Waals surface area contributed by atoms with E-state index in [1.54, 1.807) is 0 Å². The number of carbonyl (C=O) groups excluding carboxylic acids is 1. The summed E-state index contributed by atoms with van der Waals surface area (Å²) in [4.78, 5) is 11.4. The van der Waals surface area contributed by atoms with Crippen molar-refractivity contribution in [2.24, 2.45) is 0 Å². The third kappa shape index (κ3) is 5.23. The third-order valence-corrected chi connectivity index (χ3v) is 2.21. The highest BCUT2D eigenvalue weighted by Crippen LogP contribution is 2.09. The molecule has 1 aliphatic rings. The van der Waals surface area contributed by atoms with Gasteiger partial charge < -0.3 is 15.4 Å². The lowest BCUT2D eigenvalue weighted by molar-refractivity contribution is 0.0488. The van der Waals surface area contributed by atoms with Crippen LogP contribution in [0.25, 0.3) is 0 Å². The minimum Gasteiger partial charge on any atom is -0.444 e. The van der Waals surface area contributed by atoms with E-state index in [4.69, 9.17) is 4.74 Å². The number of rotatable bonds is 2. The summed E-state index contributed by atoms with van der Waals surface area (Å²) in [6.45, 7) is 8.61. The molecule has 0 saturated carbocycles. The molecule has 1 saturated heterocycles. The van der Waals surface area contributed by atoms with Gasteiger partial charge in [-0.05, 0) is 40.7 Å². The molecule has 0 aromatic carbocycles. The Balaban J connectivity index is 0.00000196. The van der Waals surface area contributed by atoms with Crippen molar-refractivity contribution in [1.82, 2.24) is 10.6 Å². The quantitative estimate of drug-likeness (QED) is 0.767. The molecule has 2 unspecified atom stereocenters. The summed E-state index contributed by atoms with van der Waals surface area (Å²) in [6.07, 6.45) is 0.787. The highest BCUT2D eigenvalue weighted by molar-refractivity contribution is 5.85. The standard InChI is InChI=1S/C10H20N2O2.ClH/c1-7(8-5-6-11-8)12-9(13)14-10(2,3)4;/h7-8,11H,5-6H2,1-4H3,(H,12,13);1H. The van der Waals surface area contributed by atoms with Gasteiger partial charge in [-0.1, -0.05) is 0 Å². The molecule has 1 aliphatic heterocycles. The van der Waals surface area contributed by atoms with E-state index in [0.29, 0.717) is 6.04 Å². The minimum atomic E-state index is -0.420. The zero-order valence-electron chi connectivity index (χ0n) is 9.79. The Bertz CT molecular complexity index is 212. The molecule has 15 heavy (non-hydrogen) atoms. The maximum Gasteiger partial charge on any atom is 0.407 e. The summed E-state index contributed by atoms with van der Waals surface area (Å²) >= 11 is 0. The van der Waals surface area contributed by atoms with Gasteiger partial charge in [-0.3, -0.25) is 0 Å². The summed E-state index contributed by atoms with van der Waals surface area (Å²) in [7, 11) is 0. The van der Waals surface area contributed by atoms with Crippen molar-refractivity contribution in [3.63, 3.8) is 0 Å². The van der Waals surface area contributed by atoms with Crippen LogP contribution in [0.2, 0.25) is 0 Å². The molecular formula is C10H21ClN2O2. The third-order valence-electron chi connectivity index (χ3n) is 2.21. The van der Waals surface area contributed by atoms with Crippen LogP contribution in [-0.2, 0) is 4.74 Å². The van der Waals surface area contributed by atoms with Crippen LogP contribution in [0.3, 0.4) is 0 Å². The molecule has 5 heteroatoms. The van der Waals surface area contributed by atoms with E-state index in [-0.39, 0.29) is 24.5 Å². The summed E-state index contributed by atoms with van der Waals surface area (Å²) in [5.41, 5.74) is -0.420. The van der Waals surface area contributed by atoms with E-state index in [1.807, 2.05) is 27.7 Å². The predicted octanol–water partition coefficient (Wildman–Crippen LogP) is 1.68. The van der Waals surface area contributed by atoms with E-state index in [1.165, 1.54) is 0 Å². The number of halogens is 1. The van der Waals surface area contributed by atoms with Crippen molar-refractivity contribution < 1.29 is 9.53 Å². The van der Waals surface area contributed by atoms with Gasteiger partial charge in [0.15, 0.2) is 0 Å². The Morgan fingerprint density at radius 3 is 2.40 bits per heavy atom. The first-order valence-electron chi connectivity index (χ1n) is 5.11. The van der Waals surface area contributed by atoms with Crippen molar-refractivity contribution >= 4 is 18.5 Å². The van der Waals surface area contributed by atoms with Crippen LogP contribution in [0, 0.1) is 0 Å². The summed E-state index contributed by atoms with van der Waals surface area (Å²) in [6, 6.07) is 0.543. The Labute approximate surface area is 97.5 Å². The molecule has 0 aromatic rings. The van der Waals surface area contributed by atoms with E-state index in [0.717, 1.165) is 13.0 Å². The lowest BCUT2D eigenvalue weighted by Gasteiger charge is -2.33. The fourth-order valence-corrected chi connectivity index (χ4v) is 1.33. The van der Waals surface area contributed by atoms with Crippen molar-refractivity contribution in [3.05, 3.63) is 0 Å². The molecule has 1 heterocycles. The van der Waals surface area contributed by atoms with Gasteiger partial charge in [0.2, 0.25) is 0 Å². The van der Waals surface area contributed by atoms with Crippen LogP contribution < -0.4 is 10.6 Å². The molecule has 2 atom stereocenters. The van der Waals surface area contributed by atoms with E-state index >= 15 is 0 Å². The number of nitrogens with one attached hydrogen (secondary N) is 2. The molecule has 2 N–H and O–H groups in total. The predicted molar refractivity (Wildman–Crippen MR) is 62.5 cm³/mol. The van der Waals surface area contributed by atoms with Crippen molar-refractivity contribution in [1.29, 1.82) is 0 Å². The van der Waals surface area contributed by atoms with Gasteiger partial charge in [-0.2, -0.15) is 0 Å². The second kappa shape index (κ2) is 5.56. The van der Waals surface area contributed by atoms with Crippen LogP contribution >= 0.6 is 12.4 Å². The summed E-state index contributed by atoms with van der Waals surface area (Å²) < 4.78 is 5.15. The van der Waals surface area contributed by atoms with Gasteiger partial charge in [-0.25, -0.2) is 4.79 Å². The van der Waals surface area contributed by atoms with Gasteiger partial charge >= 0.3 is 6.09 Å². The monoisotopic (exact) mass is 236 g/mol. The highest BCUT2D eigenvalue weighted by atomic mass is 35.5. The fourth-order valence-electron chi connectivity index (χ4n) is 1.33. The van der Waals surface area contributed by atoms with Crippen LogP contribution in [-0.4, -0.2) is 30.3 Å². The van der Waals surface area contributed by atoms with Crippen molar-refractivity contribution in [3.8, 4) is 0 Å².